The number of carbonyl (C=O) groups excluding carboxylic acids is 1. The molecule has 6 heteroatoms. The van der Waals surface area contributed by atoms with Crippen molar-refractivity contribution in [1.82, 2.24) is 15.4 Å². The van der Waals surface area contributed by atoms with Crippen molar-refractivity contribution in [3.63, 3.8) is 0 Å². The lowest BCUT2D eigenvalue weighted by molar-refractivity contribution is -0.124. The predicted octanol–water partition coefficient (Wildman–Crippen LogP) is 3.52. The average molecular weight is 420 g/mol. The highest BCUT2D eigenvalue weighted by molar-refractivity contribution is 5.90. The third kappa shape index (κ3) is 4.56. The maximum atomic E-state index is 11.2. The third-order valence-corrected chi connectivity index (χ3v) is 6.30. The van der Waals surface area contributed by atoms with Crippen molar-refractivity contribution in [2.45, 2.75) is 32.2 Å². The van der Waals surface area contributed by atoms with E-state index in [0.29, 0.717) is 6.54 Å². The SMILES string of the molecule is Cc1c(CCN(CCO)C2CCc3cc(/C=C/C(=O)NO)ccc32)[nH]c2ccccc12. The first-order valence-electron chi connectivity index (χ1n) is 10.8. The Morgan fingerprint density at radius 2 is 2.10 bits per heavy atom. The van der Waals surface area contributed by atoms with E-state index in [0.717, 1.165) is 31.4 Å². The Balaban J connectivity index is 1.50. The molecule has 1 atom stereocenters. The fourth-order valence-corrected chi connectivity index (χ4v) is 4.70. The van der Waals surface area contributed by atoms with Crippen LogP contribution in [0.15, 0.2) is 48.5 Å². The number of rotatable bonds is 8. The van der Waals surface area contributed by atoms with E-state index < -0.39 is 5.91 Å². The third-order valence-electron chi connectivity index (χ3n) is 6.30. The van der Waals surface area contributed by atoms with Gasteiger partial charge in [-0.05, 0) is 54.2 Å². The van der Waals surface area contributed by atoms with Crippen LogP contribution in [0.2, 0.25) is 0 Å². The Morgan fingerprint density at radius 3 is 2.87 bits per heavy atom. The molecule has 1 aromatic heterocycles. The van der Waals surface area contributed by atoms with Crippen molar-refractivity contribution in [2.24, 2.45) is 0 Å². The number of hydrogen-bond acceptors (Lipinski definition) is 4. The van der Waals surface area contributed by atoms with E-state index in [9.17, 15) is 9.90 Å². The molecular formula is C25H29N3O3. The molecule has 1 unspecified atom stereocenters. The minimum Gasteiger partial charge on any atom is -0.395 e. The topological polar surface area (TPSA) is 88.6 Å². The minimum atomic E-state index is -0.542. The number of fused-ring (bicyclic) bond motifs is 2. The van der Waals surface area contributed by atoms with Crippen LogP contribution >= 0.6 is 0 Å². The zero-order valence-corrected chi connectivity index (χ0v) is 17.8. The van der Waals surface area contributed by atoms with Crippen molar-refractivity contribution in [3.8, 4) is 0 Å². The number of aliphatic hydroxyl groups excluding tert-OH is 1. The number of nitrogens with one attached hydrogen (secondary N) is 2. The number of aryl methyl sites for hydroxylation is 2. The summed E-state index contributed by atoms with van der Waals surface area (Å²) in [5, 5.41) is 19.6. The molecule has 0 bridgehead atoms. The van der Waals surface area contributed by atoms with E-state index in [-0.39, 0.29) is 12.6 Å². The molecule has 4 rings (SSSR count). The number of H-pyrrole nitrogens is 1. The van der Waals surface area contributed by atoms with E-state index in [1.54, 1.807) is 11.6 Å². The van der Waals surface area contributed by atoms with Gasteiger partial charge in [0.15, 0.2) is 0 Å². The minimum absolute atomic E-state index is 0.134. The number of hydroxylamine groups is 1. The van der Waals surface area contributed by atoms with Crippen LogP contribution in [0.25, 0.3) is 17.0 Å². The first kappa shape index (κ1) is 21.3. The standard InChI is InChI=1S/C25H29N3O3/c1-17-20-4-2-3-5-23(20)26-22(17)12-13-28(14-15-29)24-10-8-19-16-18(6-9-21(19)24)7-11-25(30)27-31/h2-7,9,11,16,24,26,29,31H,8,10,12-15H2,1H3,(H,27,30)/b11-7+. The zero-order valence-electron chi connectivity index (χ0n) is 17.8. The number of aromatic amines is 1. The molecule has 6 nitrogen and oxygen atoms in total. The molecule has 0 radical (unpaired) electrons. The lowest BCUT2D eigenvalue weighted by Gasteiger charge is -2.29. The normalized spacial score (nSPS) is 15.8. The Kier molecular flexibility index (Phi) is 6.51. The molecule has 0 saturated carbocycles. The summed E-state index contributed by atoms with van der Waals surface area (Å²) in [7, 11) is 0. The van der Waals surface area contributed by atoms with E-state index in [1.807, 2.05) is 6.07 Å². The van der Waals surface area contributed by atoms with Crippen molar-refractivity contribution in [1.29, 1.82) is 0 Å². The summed E-state index contributed by atoms with van der Waals surface area (Å²) in [4.78, 5) is 17.2. The van der Waals surface area contributed by atoms with Crippen molar-refractivity contribution < 1.29 is 15.1 Å². The summed E-state index contributed by atoms with van der Waals surface area (Å²) in [6.45, 7) is 3.81. The van der Waals surface area contributed by atoms with Crippen LogP contribution in [0.4, 0.5) is 0 Å². The van der Waals surface area contributed by atoms with Crippen LogP contribution in [0.3, 0.4) is 0 Å². The van der Waals surface area contributed by atoms with Gasteiger partial charge in [-0.15, -0.1) is 0 Å². The van der Waals surface area contributed by atoms with E-state index in [1.165, 1.54) is 39.4 Å². The van der Waals surface area contributed by atoms with Gasteiger partial charge in [0.25, 0.3) is 5.91 Å². The molecule has 4 N–H and O–H groups in total. The molecule has 31 heavy (non-hydrogen) atoms. The highest BCUT2D eigenvalue weighted by atomic mass is 16.5. The summed E-state index contributed by atoms with van der Waals surface area (Å²) < 4.78 is 0. The van der Waals surface area contributed by atoms with Crippen LogP contribution in [0, 0.1) is 6.92 Å². The Morgan fingerprint density at radius 1 is 1.26 bits per heavy atom. The molecular weight excluding hydrogens is 390 g/mol. The number of hydrogen-bond donors (Lipinski definition) is 4. The first-order valence-corrected chi connectivity index (χ1v) is 10.8. The molecule has 1 aliphatic carbocycles. The second-order valence-electron chi connectivity index (χ2n) is 8.11. The maximum absolute atomic E-state index is 11.2. The van der Waals surface area contributed by atoms with Crippen LogP contribution in [-0.4, -0.2) is 45.8 Å². The number of para-hydroxylation sites is 1. The number of aliphatic hydroxyl groups is 1. The van der Waals surface area contributed by atoms with Gasteiger partial charge in [0.1, 0.15) is 0 Å². The van der Waals surface area contributed by atoms with Gasteiger partial charge in [0, 0.05) is 48.2 Å². The predicted molar refractivity (Wildman–Crippen MR) is 122 cm³/mol. The Hall–Kier alpha value is -2.93. The molecule has 2 aromatic carbocycles. The summed E-state index contributed by atoms with van der Waals surface area (Å²) in [6.07, 6.45) is 5.91. The van der Waals surface area contributed by atoms with Gasteiger partial charge in [-0.25, -0.2) is 5.48 Å². The fraction of sp³-hybridized carbons (Fsp3) is 0.320. The first-order chi connectivity index (χ1) is 15.1. The number of aromatic nitrogens is 1. The molecule has 0 saturated heterocycles. The largest absolute Gasteiger partial charge is 0.395 e. The summed E-state index contributed by atoms with van der Waals surface area (Å²) in [5.41, 5.74) is 8.84. The number of amides is 1. The second-order valence-corrected chi connectivity index (χ2v) is 8.11. The van der Waals surface area contributed by atoms with Gasteiger partial charge in [-0.2, -0.15) is 0 Å². The van der Waals surface area contributed by atoms with Gasteiger partial charge >= 0.3 is 0 Å². The molecule has 1 heterocycles. The molecule has 1 aliphatic rings. The molecule has 162 valence electrons. The van der Waals surface area contributed by atoms with Crippen molar-refractivity contribution >= 4 is 22.9 Å². The van der Waals surface area contributed by atoms with Crippen LogP contribution in [-0.2, 0) is 17.6 Å². The van der Waals surface area contributed by atoms with Crippen LogP contribution in [0.1, 0.15) is 40.4 Å². The van der Waals surface area contributed by atoms with E-state index in [2.05, 4.69) is 53.2 Å². The summed E-state index contributed by atoms with van der Waals surface area (Å²) >= 11 is 0. The highest BCUT2D eigenvalue weighted by Crippen LogP contribution is 2.36. The maximum Gasteiger partial charge on any atom is 0.267 e. The van der Waals surface area contributed by atoms with Crippen molar-refractivity contribution in [3.05, 3.63) is 76.5 Å². The number of nitrogens with zero attached hydrogens (tertiary/aromatic N) is 1. The molecule has 1 amide bonds. The average Bonchev–Trinajstić information content (AvgIpc) is 3.36. The highest BCUT2D eigenvalue weighted by Gasteiger charge is 2.27. The summed E-state index contributed by atoms with van der Waals surface area (Å²) in [5.74, 6) is -0.542. The quantitative estimate of drug-likeness (QED) is 0.256. The number of carbonyl (C=O) groups is 1. The molecule has 0 fully saturated rings. The summed E-state index contributed by atoms with van der Waals surface area (Å²) in [6, 6.07) is 14.9. The Bertz CT molecular complexity index is 1100. The molecule has 3 aromatic rings. The van der Waals surface area contributed by atoms with E-state index in [4.69, 9.17) is 5.21 Å². The van der Waals surface area contributed by atoms with Gasteiger partial charge in [0.2, 0.25) is 0 Å². The Labute approximate surface area is 182 Å². The van der Waals surface area contributed by atoms with Gasteiger partial charge in [-0.1, -0.05) is 36.4 Å². The van der Waals surface area contributed by atoms with Gasteiger partial charge in [0.05, 0.1) is 6.61 Å². The monoisotopic (exact) mass is 419 g/mol. The van der Waals surface area contributed by atoms with Gasteiger partial charge in [-0.3, -0.25) is 14.9 Å². The fourth-order valence-electron chi connectivity index (χ4n) is 4.70. The zero-order chi connectivity index (χ0) is 21.8. The second kappa shape index (κ2) is 9.47. The number of benzene rings is 2. The van der Waals surface area contributed by atoms with E-state index >= 15 is 0 Å². The lowest BCUT2D eigenvalue weighted by Crippen LogP contribution is -2.32. The molecule has 0 aliphatic heterocycles. The van der Waals surface area contributed by atoms with Gasteiger partial charge < -0.3 is 10.1 Å². The van der Waals surface area contributed by atoms with Crippen molar-refractivity contribution in [2.75, 3.05) is 19.7 Å². The van der Waals surface area contributed by atoms with Crippen LogP contribution in [0.5, 0.6) is 0 Å². The molecule has 0 spiro atoms. The van der Waals surface area contributed by atoms with Crippen LogP contribution < -0.4 is 5.48 Å². The lowest BCUT2D eigenvalue weighted by atomic mass is 10.0. The smallest absolute Gasteiger partial charge is 0.267 e.